The fourth-order valence-corrected chi connectivity index (χ4v) is 2.45. The Morgan fingerprint density at radius 2 is 2.10 bits per heavy atom. The monoisotopic (exact) mass is 287 g/mol. The van der Waals surface area contributed by atoms with Crippen molar-refractivity contribution in [2.75, 3.05) is 0 Å². The van der Waals surface area contributed by atoms with Crippen molar-refractivity contribution in [2.45, 2.75) is 43.3 Å². The van der Waals surface area contributed by atoms with Crippen molar-refractivity contribution in [3.63, 3.8) is 0 Å². The lowest BCUT2D eigenvalue weighted by atomic mass is 10.1. The van der Waals surface area contributed by atoms with Gasteiger partial charge in [0.05, 0.1) is 11.8 Å². The fraction of sp³-hybridized carbons (Fsp3) is 0.400. The second kappa shape index (κ2) is 7.11. The third-order valence-electron chi connectivity index (χ3n) is 2.98. The molecule has 0 radical (unpaired) electrons. The number of hydrogen-bond donors (Lipinski definition) is 0. The average molecular weight is 287 g/mol. The Kier molecular flexibility index (Phi) is 5.19. The van der Waals surface area contributed by atoms with Crippen LogP contribution < -0.4 is 0 Å². The summed E-state index contributed by atoms with van der Waals surface area (Å²) in [6.45, 7) is 4.07. The average Bonchev–Trinajstić information content (AvgIpc) is 2.93. The van der Waals surface area contributed by atoms with Gasteiger partial charge in [0, 0.05) is 17.2 Å². The Morgan fingerprint density at radius 1 is 1.35 bits per heavy atom. The van der Waals surface area contributed by atoms with Gasteiger partial charge >= 0.3 is 0 Å². The quantitative estimate of drug-likeness (QED) is 0.749. The largest absolute Gasteiger partial charge is 0.339 e. The van der Waals surface area contributed by atoms with E-state index in [4.69, 9.17) is 9.78 Å². The first kappa shape index (κ1) is 14.6. The van der Waals surface area contributed by atoms with Gasteiger partial charge < -0.3 is 4.52 Å². The van der Waals surface area contributed by atoms with Crippen molar-refractivity contribution >= 4 is 11.8 Å². The lowest BCUT2D eigenvalue weighted by molar-refractivity contribution is 0.351. The summed E-state index contributed by atoms with van der Waals surface area (Å²) in [5, 5.41) is 12.6. The summed E-state index contributed by atoms with van der Waals surface area (Å²) in [5.41, 5.74) is 1.25. The van der Waals surface area contributed by atoms with Crippen LogP contribution in [0.1, 0.15) is 43.0 Å². The van der Waals surface area contributed by atoms with Crippen LogP contribution in [0.25, 0.3) is 0 Å². The molecule has 0 fully saturated rings. The van der Waals surface area contributed by atoms with Crippen molar-refractivity contribution < 1.29 is 4.52 Å². The standard InChI is InChI=1S/C15H17N3OS/c1-11-5-7-13(8-6-11)20-10-14-17-15(19-18-14)12(2)4-3-9-16/h5-8,12H,3-4,10H2,1-2H3. The Hall–Kier alpha value is -1.80. The summed E-state index contributed by atoms with van der Waals surface area (Å²) in [4.78, 5) is 5.58. The molecule has 1 aromatic heterocycles. The molecular weight excluding hydrogens is 270 g/mol. The molecule has 1 heterocycles. The summed E-state index contributed by atoms with van der Waals surface area (Å²) in [6.07, 6.45) is 1.26. The normalized spacial score (nSPS) is 12.1. The van der Waals surface area contributed by atoms with Gasteiger partial charge in [-0.3, -0.25) is 0 Å². The van der Waals surface area contributed by atoms with Crippen molar-refractivity contribution in [2.24, 2.45) is 0 Å². The second-order valence-corrected chi connectivity index (χ2v) is 5.80. The van der Waals surface area contributed by atoms with E-state index in [-0.39, 0.29) is 5.92 Å². The third-order valence-corrected chi connectivity index (χ3v) is 3.99. The highest BCUT2D eigenvalue weighted by atomic mass is 32.2. The van der Waals surface area contributed by atoms with E-state index in [2.05, 4.69) is 47.4 Å². The van der Waals surface area contributed by atoms with Crippen LogP contribution in [0, 0.1) is 18.3 Å². The number of rotatable bonds is 6. The molecule has 0 spiro atoms. The predicted molar refractivity (Wildman–Crippen MR) is 78.3 cm³/mol. The minimum absolute atomic E-state index is 0.139. The molecule has 5 heteroatoms. The lowest BCUT2D eigenvalue weighted by Crippen LogP contribution is -1.94. The summed E-state index contributed by atoms with van der Waals surface area (Å²) >= 11 is 1.69. The van der Waals surface area contributed by atoms with Gasteiger partial charge in [-0.15, -0.1) is 11.8 Å². The molecule has 1 unspecified atom stereocenters. The first-order chi connectivity index (χ1) is 9.69. The minimum atomic E-state index is 0.139. The van der Waals surface area contributed by atoms with Gasteiger partial charge in [-0.1, -0.05) is 29.8 Å². The van der Waals surface area contributed by atoms with Crippen LogP contribution in [-0.4, -0.2) is 10.1 Å². The summed E-state index contributed by atoms with van der Waals surface area (Å²) in [5.74, 6) is 2.16. The smallest absolute Gasteiger partial charge is 0.229 e. The Morgan fingerprint density at radius 3 is 2.80 bits per heavy atom. The molecule has 0 aliphatic carbocycles. The van der Waals surface area contributed by atoms with Crippen molar-refractivity contribution in [1.82, 2.24) is 10.1 Å². The first-order valence-corrected chi connectivity index (χ1v) is 7.56. The highest BCUT2D eigenvalue weighted by Crippen LogP contribution is 2.23. The maximum Gasteiger partial charge on any atom is 0.229 e. The summed E-state index contributed by atoms with van der Waals surface area (Å²) in [7, 11) is 0. The molecule has 2 aromatic rings. The highest BCUT2D eigenvalue weighted by Gasteiger charge is 2.14. The SMILES string of the molecule is Cc1ccc(SCc2noc(C(C)CCC#N)n2)cc1. The van der Waals surface area contributed by atoms with Crippen molar-refractivity contribution in [3.05, 3.63) is 41.5 Å². The zero-order valence-electron chi connectivity index (χ0n) is 11.7. The number of aromatic nitrogens is 2. The molecule has 4 nitrogen and oxygen atoms in total. The molecule has 0 bridgehead atoms. The van der Waals surface area contributed by atoms with Crippen LogP contribution in [0.5, 0.6) is 0 Å². The van der Waals surface area contributed by atoms with E-state index in [9.17, 15) is 0 Å². The summed E-state index contributed by atoms with van der Waals surface area (Å²) < 4.78 is 5.25. The van der Waals surface area contributed by atoms with Gasteiger partial charge in [-0.25, -0.2) is 0 Å². The topological polar surface area (TPSA) is 62.7 Å². The molecule has 0 saturated heterocycles. The number of thioether (sulfide) groups is 1. The molecule has 104 valence electrons. The van der Waals surface area contributed by atoms with Crippen LogP contribution in [0.3, 0.4) is 0 Å². The molecule has 2 rings (SSSR count). The fourth-order valence-electron chi connectivity index (χ4n) is 1.71. The highest BCUT2D eigenvalue weighted by molar-refractivity contribution is 7.98. The number of nitrogens with zero attached hydrogens (tertiary/aromatic N) is 3. The molecule has 1 atom stereocenters. The van der Waals surface area contributed by atoms with E-state index in [0.29, 0.717) is 23.9 Å². The van der Waals surface area contributed by atoms with Crippen LogP contribution in [0.15, 0.2) is 33.7 Å². The van der Waals surface area contributed by atoms with Gasteiger partial charge in [0.15, 0.2) is 5.82 Å². The number of hydrogen-bond acceptors (Lipinski definition) is 5. The number of benzene rings is 1. The Labute approximate surface area is 123 Å². The molecule has 1 aromatic carbocycles. The summed E-state index contributed by atoms with van der Waals surface area (Å²) in [6, 6.07) is 10.5. The zero-order chi connectivity index (χ0) is 14.4. The van der Waals surface area contributed by atoms with E-state index < -0.39 is 0 Å². The molecule has 0 aliphatic heterocycles. The van der Waals surface area contributed by atoms with E-state index >= 15 is 0 Å². The number of nitriles is 1. The van der Waals surface area contributed by atoms with Gasteiger partial charge in [-0.05, 0) is 25.5 Å². The van der Waals surface area contributed by atoms with Gasteiger partial charge in [0.2, 0.25) is 5.89 Å². The predicted octanol–water partition coefficient (Wildman–Crippen LogP) is 4.08. The van der Waals surface area contributed by atoms with Crippen LogP contribution in [0.2, 0.25) is 0 Å². The van der Waals surface area contributed by atoms with E-state index in [1.165, 1.54) is 10.5 Å². The number of aryl methyl sites for hydroxylation is 1. The van der Waals surface area contributed by atoms with Crippen molar-refractivity contribution in [3.8, 4) is 6.07 Å². The van der Waals surface area contributed by atoms with Crippen LogP contribution in [-0.2, 0) is 5.75 Å². The third kappa shape index (κ3) is 4.10. The van der Waals surface area contributed by atoms with Crippen LogP contribution in [0.4, 0.5) is 0 Å². The first-order valence-electron chi connectivity index (χ1n) is 6.58. The van der Waals surface area contributed by atoms with Gasteiger partial charge in [0.25, 0.3) is 0 Å². The second-order valence-electron chi connectivity index (χ2n) is 4.75. The molecule has 0 saturated carbocycles. The Balaban J connectivity index is 1.89. The van der Waals surface area contributed by atoms with Crippen LogP contribution >= 0.6 is 11.8 Å². The molecule has 0 amide bonds. The van der Waals surface area contributed by atoms with E-state index in [1.807, 2.05) is 6.92 Å². The van der Waals surface area contributed by atoms with E-state index in [1.54, 1.807) is 11.8 Å². The Bertz CT molecular complexity index is 586. The van der Waals surface area contributed by atoms with Gasteiger partial charge in [0.1, 0.15) is 0 Å². The molecule has 0 N–H and O–H groups in total. The molecule has 20 heavy (non-hydrogen) atoms. The molecule has 0 aliphatic rings. The minimum Gasteiger partial charge on any atom is -0.339 e. The van der Waals surface area contributed by atoms with Gasteiger partial charge in [-0.2, -0.15) is 10.2 Å². The maximum atomic E-state index is 8.58. The lowest BCUT2D eigenvalue weighted by Gasteiger charge is -2.01. The van der Waals surface area contributed by atoms with E-state index in [0.717, 1.165) is 6.42 Å². The maximum absolute atomic E-state index is 8.58. The zero-order valence-corrected chi connectivity index (χ0v) is 12.5. The molecular formula is C15H17N3OS. The van der Waals surface area contributed by atoms with Crippen molar-refractivity contribution in [1.29, 1.82) is 5.26 Å².